The Labute approximate surface area is 191 Å². The van der Waals surface area contributed by atoms with E-state index < -0.39 is 25.4 Å². The van der Waals surface area contributed by atoms with Crippen LogP contribution in [0.3, 0.4) is 0 Å². The van der Waals surface area contributed by atoms with Crippen LogP contribution >= 0.6 is 0 Å². The predicted molar refractivity (Wildman–Crippen MR) is 117 cm³/mol. The number of pyridine rings is 1. The summed E-state index contributed by atoms with van der Waals surface area (Å²) in [5, 5.41) is 1.16. The highest BCUT2D eigenvalue weighted by molar-refractivity contribution is 5.69. The molecule has 2 saturated carbocycles. The Morgan fingerprint density at radius 1 is 1.15 bits per heavy atom. The average molecular weight is 472 g/mol. The van der Waals surface area contributed by atoms with E-state index in [1.165, 1.54) is 13.5 Å². The van der Waals surface area contributed by atoms with Crippen LogP contribution in [0, 0.1) is 0 Å². The standard InChI is InChI=1S/C22H32F3N5O3/c1-29(13-22(23,24)25)21(31)32-12-17(30(2)27)19(26)16-10-11-18(20(28-16)14-8-9-14)33-15-6-4-3-5-7-15/h10-11,14-15H,3-9,12-13,26-27H2,1-2H3/b19-17-. The minimum Gasteiger partial charge on any atom is -0.489 e. The van der Waals surface area contributed by atoms with E-state index in [-0.39, 0.29) is 17.5 Å². The third-order valence-corrected chi connectivity index (χ3v) is 5.77. The van der Waals surface area contributed by atoms with E-state index in [1.807, 2.05) is 6.07 Å². The number of carbonyl (C=O) groups excluding carboxylic acids is 1. The van der Waals surface area contributed by atoms with Gasteiger partial charge in [0, 0.05) is 20.0 Å². The molecule has 0 bridgehead atoms. The number of alkyl halides is 3. The van der Waals surface area contributed by atoms with Crippen molar-refractivity contribution in [2.45, 2.75) is 63.1 Å². The van der Waals surface area contributed by atoms with Gasteiger partial charge >= 0.3 is 12.3 Å². The van der Waals surface area contributed by atoms with Gasteiger partial charge < -0.3 is 25.1 Å². The summed E-state index contributed by atoms with van der Waals surface area (Å²) in [7, 11) is 2.50. The molecule has 1 aromatic heterocycles. The van der Waals surface area contributed by atoms with E-state index in [2.05, 4.69) is 0 Å². The average Bonchev–Trinajstić information content (AvgIpc) is 3.58. The van der Waals surface area contributed by atoms with Crippen LogP contribution in [-0.4, -0.2) is 60.5 Å². The van der Waals surface area contributed by atoms with Crippen LogP contribution in [0.5, 0.6) is 5.75 Å². The summed E-state index contributed by atoms with van der Waals surface area (Å²) in [5.41, 5.74) is 7.99. The van der Waals surface area contributed by atoms with Crippen molar-refractivity contribution < 1.29 is 27.4 Å². The maximum Gasteiger partial charge on any atom is 0.410 e. The molecule has 0 saturated heterocycles. The Hall–Kier alpha value is -2.69. The summed E-state index contributed by atoms with van der Waals surface area (Å²) >= 11 is 0. The molecule has 2 aliphatic rings. The monoisotopic (exact) mass is 471 g/mol. The number of halogens is 3. The van der Waals surface area contributed by atoms with Crippen molar-refractivity contribution in [1.29, 1.82) is 0 Å². The van der Waals surface area contributed by atoms with E-state index in [4.69, 9.17) is 26.0 Å². The number of ether oxygens (including phenoxy) is 2. The third-order valence-electron chi connectivity index (χ3n) is 5.77. The van der Waals surface area contributed by atoms with Gasteiger partial charge in [0.05, 0.1) is 28.9 Å². The first-order chi connectivity index (χ1) is 15.5. The smallest absolute Gasteiger partial charge is 0.410 e. The summed E-state index contributed by atoms with van der Waals surface area (Å²) in [6, 6.07) is 3.58. The summed E-state index contributed by atoms with van der Waals surface area (Å²) in [5.74, 6) is 6.94. The minimum atomic E-state index is -4.53. The van der Waals surface area contributed by atoms with Crippen LogP contribution < -0.4 is 16.3 Å². The molecule has 0 atom stereocenters. The van der Waals surface area contributed by atoms with Gasteiger partial charge in [-0.15, -0.1) is 0 Å². The lowest BCUT2D eigenvalue weighted by Crippen LogP contribution is -2.38. The Kier molecular flexibility index (Phi) is 7.93. The fourth-order valence-electron chi connectivity index (χ4n) is 3.81. The van der Waals surface area contributed by atoms with E-state index in [0.29, 0.717) is 16.5 Å². The number of nitrogens with two attached hydrogens (primary N) is 2. The Morgan fingerprint density at radius 2 is 1.82 bits per heavy atom. The van der Waals surface area contributed by atoms with Gasteiger partial charge in [-0.25, -0.2) is 15.6 Å². The van der Waals surface area contributed by atoms with Gasteiger partial charge in [0.25, 0.3) is 0 Å². The molecule has 0 spiro atoms. The number of amides is 1. The van der Waals surface area contributed by atoms with Gasteiger partial charge in [0.15, 0.2) is 0 Å². The molecule has 1 heterocycles. The molecule has 0 unspecified atom stereocenters. The SMILES string of the molecule is CN(CC(F)(F)F)C(=O)OC/C(=C(/N)c1ccc(OC2CCCCC2)c(C2CC2)n1)N(C)N. The van der Waals surface area contributed by atoms with Gasteiger partial charge in [0.2, 0.25) is 0 Å². The van der Waals surface area contributed by atoms with E-state index in [0.717, 1.165) is 62.0 Å². The number of rotatable bonds is 8. The summed E-state index contributed by atoms with van der Waals surface area (Å²) < 4.78 is 48.8. The predicted octanol–water partition coefficient (Wildman–Crippen LogP) is 3.73. The van der Waals surface area contributed by atoms with Gasteiger partial charge in [0.1, 0.15) is 18.9 Å². The number of likely N-dealkylation sites (N-methyl/N-ethyl adjacent to an activating group) is 1. The van der Waals surface area contributed by atoms with Crippen molar-refractivity contribution in [1.82, 2.24) is 14.9 Å². The minimum absolute atomic E-state index is 0.178. The summed E-state index contributed by atoms with van der Waals surface area (Å²) in [4.78, 5) is 17.1. The Morgan fingerprint density at radius 3 is 2.39 bits per heavy atom. The molecule has 3 rings (SSSR count). The first-order valence-electron chi connectivity index (χ1n) is 11.1. The number of hydrogen-bond donors (Lipinski definition) is 2. The molecule has 2 fully saturated rings. The van der Waals surface area contributed by atoms with Crippen molar-refractivity contribution in [3.05, 3.63) is 29.2 Å². The molecule has 1 aromatic rings. The van der Waals surface area contributed by atoms with Crippen molar-refractivity contribution in [3.63, 3.8) is 0 Å². The van der Waals surface area contributed by atoms with Gasteiger partial charge in [-0.3, -0.25) is 0 Å². The van der Waals surface area contributed by atoms with Crippen molar-refractivity contribution in [2.75, 3.05) is 27.2 Å². The highest BCUT2D eigenvalue weighted by Gasteiger charge is 2.32. The molecule has 2 aliphatic carbocycles. The maximum absolute atomic E-state index is 12.5. The van der Waals surface area contributed by atoms with Crippen LogP contribution in [0.15, 0.2) is 17.8 Å². The zero-order valence-electron chi connectivity index (χ0n) is 19.0. The van der Waals surface area contributed by atoms with Crippen molar-refractivity contribution in [2.24, 2.45) is 11.6 Å². The van der Waals surface area contributed by atoms with Crippen molar-refractivity contribution in [3.8, 4) is 5.75 Å². The first-order valence-corrected chi connectivity index (χ1v) is 11.1. The topological polar surface area (TPSA) is 107 Å². The fraction of sp³-hybridized carbons (Fsp3) is 0.636. The zero-order valence-corrected chi connectivity index (χ0v) is 19.0. The third kappa shape index (κ3) is 7.15. The van der Waals surface area contributed by atoms with Crippen LogP contribution in [0.4, 0.5) is 18.0 Å². The van der Waals surface area contributed by atoms with E-state index in [1.54, 1.807) is 6.07 Å². The molecule has 33 heavy (non-hydrogen) atoms. The lowest BCUT2D eigenvalue weighted by Gasteiger charge is -2.25. The second-order valence-corrected chi connectivity index (χ2v) is 8.73. The first kappa shape index (κ1) is 24.9. The van der Waals surface area contributed by atoms with Crippen LogP contribution in [0.25, 0.3) is 5.70 Å². The Bertz CT molecular complexity index is 865. The van der Waals surface area contributed by atoms with Crippen LogP contribution in [0.1, 0.15) is 62.3 Å². The molecule has 0 aromatic carbocycles. The largest absolute Gasteiger partial charge is 0.489 e. The molecule has 184 valence electrons. The second-order valence-electron chi connectivity index (χ2n) is 8.73. The number of hydrazine groups is 1. The van der Waals surface area contributed by atoms with Gasteiger partial charge in [-0.1, -0.05) is 6.42 Å². The number of carbonyl (C=O) groups is 1. The number of nitrogens with zero attached hydrogens (tertiary/aromatic N) is 3. The summed E-state index contributed by atoms with van der Waals surface area (Å²) in [6.45, 7) is -1.83. The van der Waals surface area contributed by atoms with Gasteiger partial charge in [-0.05, 0) is 50.7 Å². The number of aromatic nitrogens is 1. The quantitative estimate of drug-likeness (QED) is 0.439. The molecular weight excluding hydrogens is 439 g/mol. The molecule has 8 nitrogen and oxygen atoms in total. The molecular formula is C22H32F3N5O3. The summed E-state index contributed by atoms with van der Waals surface area (Å²) in [6.07, 6.45) is 2.19. The molecule has 4 N–H and O–H groups in total. The highest BCUT2D eigenvalue weighted by Crippen LogP contribution is 2.44. The molecule has 0 radical (unpaired) electrons. The molecule has 1 amide bonds. The zero-order chi connectivity index (χ0) is 24.2. The molecule has 0 aliphatic heterocycles. The fourth-order valence-corrected chi connectivity index (χ4v) is 3.81. The van der Waals surface area contributed by atoms with Crippen molar-refractivity contribution >= 4 is 11.8 Å². The maximum atomic E-state index is 12.5. The van der Waals surface area contributed by atoms with Crippen LogP contribution in [0.2, 0.25) is 0 Å². The second kappa shape index (κ2) is 10.5. The van der Waals surface area contributed by atoms with Gasteiger partial charge in [-0.2, -0.15) is 13.2 Å². The molecule has 11 heteroatoms. The number of hydrogen-bond acceptors (Lipinski definition) is 7. The lowest BCUT2D eigenvalue weighted by molar-refractivity contribution is -0.140. The van der Waals surface area contributed by atoms with Crippen LogP contribution in [-0.2, 0) is 4.74 Å². The van der Waals surface area contributed by atoms with E-state index in [9.17, 15) is 18.0 Å². The Balaban J connectivity index is 1.76. The highest BCUT2D eigenvalue weighted by atomic mass is 19.4. The lowest BCUT2D eigenvalue weighted by atomic mass is 9.98. The normalized spacial score (nSPS) is 17.9. The van der Waals surface area contributed by atoms with E-state index >= 15 is 0 Å².